The van der Waals surface area contributed by atoms with E-state index in [1.54, 1.807) is 0 Å². The van der Waals surface area contributed by atoms with Crippen molar-refractivity contribution in [1.82, 2.24) is 0 Å². The number of aryl methyl sites for hydroxylation is 1. The molecule has 0 bridgehead atoms. The lowest BCUT2D eigenvalue weighted by Crippen LogP contribution is -2.06. The van der Waals surface area contributed by atoms with Crippen molar-refractivity contribution in [2.75, 3.05) is 5.75 Å². The Morgan fingerprint density at radius 1 is 1.23 bits per heavy atom. The van der Waals surface area contributed by atoms with Crippen molar-refractivity contribution in [3.8, 4) is 0 Å². The van der Waals surface area contributed by atoms with Crippen LogP contribution in [0.3, 0.4) is 0 Å². The summed E-state index contributed by atoms with van der Waals surface area (Å²) in [5, 5.41) is 0. The monoisotopic (exact) mass is 264 g/mol. The Hall–Kier alpha value is -0.390. The normalized spacial score (nSPS) is 11.5. The highest BCUT2D eigenvalue weighted by Crippen LogP contribution is 2.11. The average molecular weight is 265 g/mol. The molecule has 1 rings (SSSR count). The van der Waals surface area contributed by atoms with Crippen molar-refractivity contribution in [2.45, 2.75) is 6.42 Å². The van der Waals surface area contributed by atoms with Crippen LogP contribution in [-0.4, -0.2) is 18.7 Å². The Bertz CT molecular complexity index is 369. The molecule has 0 aliphatic carbocycles. The van der Waals surface area contributed by atoms with E-state index in [1.807, 2.05) is 24.3 Å². The molecule has 0 heterocycles. The summed E-state index contributed by atoms with van der Waals surface area (Å²) in [5.74, 6) is -0.228. The molecule has 0 unspecified atom stereocenters. The molecule has 1 N–H and O–H groups in total. The first-order valence-electron chi connectivity index (χ1n) is 3.67. The summed E-state index contributed by atoms with van der Waals surface area (Å²) in [6.45, 7) is 0. The van der Waals surface area contributed by atoms with Gasteiger partial charge in [-0.25, -0.2) is 0 Å². The summed E-state index contributed by atoms with van der Waals surface area (Å²) in [6.07, 6.45) is 0.339. The second-order valence-electron chi connectivity index (χ2n) is 2.66. The van der Waals surface area contributed by atoms with E-state index in [-0.39, 0.29) is 5.75 Å². The van der Waals surface area contributed by atoms with Gasteiger partial charge in [0, 0.05) is 4.47 Å². The molecule has 13 heavy (non-hydrogen) atoms. The van der Waals surface area contributed by atoms with Gasteiger partial charge >= 0.3 is 0 Å². The molecule has 0 amide bonds. The SMILES string of the molecule is O=S(=O)(O)CCc1ccc(Br)cc1. The van der Waals surface area contributed by atoms with E-state index in [4.69, 9.17) is 4.55 Å². The third-order valence-corrected chi connectivity index (χ3v) is 2.81. The summed E-state index contributed by atoms with van der Waals surface area (Å²) in [4.78, 5) is 0. The summed E-state index contributed by atoms with van der Waals surface area (Å²) in [6, 6.07) is 7.29. The molecule has 0 saturated carbocycles. The van der Waals surface area contributed by atoms with Crippen LogP contribution in [0.2, 0.25) is 0 Å². The van der Waals surface area contributed by atoms with Gasteiger partial charge in [-0.05, 0) is 24.1 Å². The van der Waals surface area contributed by atoms with E-state index in [1.165, 1.54) is 0 Å². The van der Waals surface area contributed by atoms with Crippen LogP contribution in [0, 0.1) is 0 Å². The minimum atomic E-state index is -3.84. The second kappa shape index (κ2) is 4.21. The standard InChI is InChI=1S/C8H9BrO3S/c9-8-3-1-7(2-4-8)5-6-13(10,11)12/h1-4H,5-6H2,(H,10,11,12). The lowest BCUT2D eigenvalue weighted by Gasteiger charge is -1.98. The number of hydrogen-bond donors (Lipinski definition) is 1. The highest BCUT2D eigenvalue weighted by molar-refractivity contribution is 9.10. The van der Waals surface area contributed by atoms with Crippen LogP contribution >= 0.6 is 15.9 Å². The molecular formula is C8H9BrO3S. The summed E-state index contributed by atoms with van der Waals surface area (Å²) in [5.41, 5.74) is 0.890. The van der Waals surface area contributed by atoms with Crippen molar-refractivity contribution >= 4 is 26.0 Å². The maximum Gasteiger partial charge on any atom is 0.265 e. The number of hydrogen-bond acceptors (Lipinski definition) is 2. The van der Waals surface area contributed by atoms with Gasteiger partial charge in [-0.1, -0.05) is 28.1 Å². The zero-order valence-electron chi connectivity index (χ0n) is 6.77. The van der Waals surface area contributed by atoms with E-state index in [9.17, 15) is 8.42 Å². The first kappa shape index (κ1) is 10.7. The van der Waals surface area contributed by atoms with Crippen molar-refractivity contribution < 1.29 is 13.0 Å². The molecule has 0 atom stereocenters. The molecule has 1 aromatic carbocycles. The van der Waals surface area contributed by atoms with Crippen LogP contribution in [-0.2, 0) is 16.5 Å². The quantitative estimate of drug-likeness (QED) is 0.849. The molecule has 0 fully saturated rings. The van der Waals surface area contributed by atoms with Crippen LogP contribution in [0.1, 0.15) is 5.56 Å². The first-order valence-corrected chi connectivity index (χ1v) is 6.07. The van der Waals surface area contributed by atoms with E-state index in [0.717, 1.165) is 10.0 Å². The number of benzene rings is 1. The van der Waals surface area contributed by atoms with Gasteiger partial charge in [0.1, 0.15) is 0 Å². The number of halogens is 1. The van der Waals surface area contributed by atoms with Gasteiger partial charge in [-0.15, -0.1) is 0 Å². The van der Waals surface area contributed by atoms with E-state index >= 15 is 0 Å². The highest BCUT2D eigenvalue weighted by atomic mass is 79.9. The Kier molecular flexibility index (Phi) is 3.47. The van der Waals surface area contributed by atoms with Crippen molar-refractivity contribution in [3.63, 3.8) is 0 Å². The predicted molar refractivity (Wildman–Crippen MR) is 54.3 cm³/mol. The Labute approximate surface area is 85.7 Å². The van der Waals surface area contributed by atoms with E-state index in [0.29, 0.717) is 6.42 Å². The lowest BCUT2D eigenvalue weighted by atomic mass is 10.2. The fraction of sp³-hybridized carbons (Fsp3) is 0.250. The van der Waals surface area contributed by atoms with Crippen molar-refractivity contribution in [3.05, 3.63) is 34.3 Å². The third-order valence-electron chi connectivity index (χ3n) is 1.56. The van der Waals surface area contributed by atoms with Crippen LogP contribution in [0.5, 0.6) is 0 Å². The molecule has 5 heteroatoms. The maximum atomic E-state index is 10.4. The van der Waals surface area contributed by atoms with Crippen LogP contribution in [0.25, 0.3) is 0 Å². The zero-order chi connectivity index (χ0) is 9.90. The van der Waals surface area contributed by atoms with Gasteiger partial charge in [0.15, 0.2) is 0 Å². The average Bonchev–Trinajstić information content (AvgIpc) is 2.02. The molecule has 1 aromatic rings. The first-order chi connectivity index (χ1) is 5.97. The molecule has 0 saturated heterocycles. The molecular weight excluding hydrogens is 256 g/mol. The lowest BCUT2D eigenvalue weighted by molar-refractivity contribution is 0.482. The topological polar surface area (TPSA) is 54.4 Å². The van der Waals surface area contributed by atoms with Crippen molar-refractivity contribution in [2.24, 2.45) is 0 Å². The highest BCUT2D eigenvalue weighted by Gasteiger charge is 2.04. The second-order valence-corrected chi connectivity index (χ2v) is 5.15. The van der Waals surface area contributed by atoms with E-state index < -0.39 is 10.1 Å². The summed E-state index contributed by atoms with van der Waals surface area (Å²) < 4.78 is 30.3. The Morgan fingerprint density at radius 3 is 2.23 bits per heavy atom. The molecule has 0 spiro atoms. The van der Waals surface area contributed by atoms with Crippen LogP contribution in [0.4, 0.5) is 0 Å². The minimum absolute atomic E-state index is 0.228. The molecule has 0 aliphatic rings. The summed E-state index contributed by atoms with van der Waals surface area (Å²) in [7, 11) is -3.84. The van der Waals surface area contributed by atoms with Gasteiger partial charge in [0.25, 0.3) is 10.1 Å². The van der Waals surface area contributed by atoms with Crippen LogP contribution in [0.15, 0.2) is 28.7 Å². The van der Waals surface area contributed by atoms with Crippen molar-refractivity contribution in [1.29, 1.82) is 0 Å². The molecule has 0 radical (unpaired) electrons. The minimum Gasteiger partial charge on any atom is -0.286 e. The zero-order valence-corrected chi connectivity index (χ0v) is 9.18. The smallest absolute Gasteiger partial charge is 0.265 e. The molecule has 0 aromatic heterocycles. The van der Waals surface area contributed by atoms with Gasteiger partial charge in [-0.2, -0.15) is 8.42 Å². The Balaban J connectivity index is 2.61. The third kappa shape index (κ3) is 4.40. The van der Waals surface area contributed by atoms with Gasteiger partial charge in [0.05, 0.1) is 5.75 Å². The number of rotatable bonds is 3. The van der Waals surface area contributed by atoms with E-state index in [2.05, 4.69) is 15.9 Å². The molecule has 72 valence electrons. The van der Waals surface area contributed by atoms with Gasteiger partial charge in [0.2, 0.25) is 0 Å². The maximum absolute atomic E-state index is 10.4. The van der Waals surface area contributed by atoms with Gasteiger partial charge in [-0.3, -0.25) is 4.55 Å². The largest absolute Gasteiger partial charge is 0.286 e. The summed E-state index contributed by atoms with van der Waals surface area (Å²) >= 11 is 3.27. The fourth-order valence-electron chi connectivity index (χ4n) is 0.898. The molecule has 0 aliphatic heterocycles. The fourth-order valence-corrected chi connectivity index (χ4v) is 1.66. The van der Waals surface area contributed by atoms with Crippen LogP contribution < -0.4 is 0 Å². The predicted octanol–water partition coefficient (Wildman–Crippen LogP) is 1.88. The van der Waals surface area contributed by atoms with Gasteiger partial charge < -0.3 is 0 Å². The molecule has 3 nitrogen and oxygen atoms in total. The Morgan fingerprint density at radius 2 is 1.77 bits per heavy atom.